The maximum atomic E-state index is 5.42. The number of hydrogen-bond acceptors (Lipinski definition) is 8. The maximum Gasteiger partial charge on any atom is 0.144 e. The van der Waals surface area contributed by atoms with Gasteiger partial charge in [-0.1, -0.05) is 0 Å². The largest absolute Gasteiger partial charge is 0.378 e. The number of rotatable bonds is 4. The Kier molecular flexibility index (Phi) is 4.87. The second-order valence-electron chi connectivity index (χ2n) is 6.35. The van der Waals surface area contributed by atoms with Crippen LogP contribution in [-0.2, 0) is 4.74 Å². The van der Waals surface area contributed by atoms with Gasteiger partial charge in [-0.05, 0) is 12.8 Å². The fourth-order valence-electron chi connectivity index (χ4n) is 3.36. The molecule has 0 aromatic carbocycles. The topological polar surface area (TPSA) is 79.3 Å². The summed E-state index contributed by atoms with van der Waals surface area (Å²) in [6.07, 6.45) is 9.07. The summed E-state index contributed by atoms with van der Waals surface area (Å²) < 4.78 is 5.42. The minimum atomic E-state index is 0.340. The lowest BCUT2D eigenvalue weighted by molar-refractivity contribution is 0.122. The molecule has 4 heterocycles. The number of nitrogens with one attached hydrogen (secondary N) is 1. The van der Waals surface area contributed by atoms with E-state index in [0.29, 0.717) is 6.04 Å². The number of piperidine rings is 1. The van der Waals surface area contributed by atoms with E-state index < -0.39 is 0 Å². The van der Waals surface area contributed by atoms with Crippen molar-refractivity contribution in [2.24, 2.45) is 0 Å². The van der Waals surface area contributed by atoms with Crippen LogP contribution < -0.4 is 15.1 Å². The van der Waals surface area contributed by atoms with E-state index in [1.54, 1.807) is 24.9 Å². The van der Waals surface area contributed by atoms with Crippen LogP contribution in [0.2, 0.25) is 0 Å². The summed E-state index contributed by atoms with van der Waals surface area (Å²) in [6.45, 7) is 5.19. The lowest BCUT2D eigenvalue weighted by atomic mass is 10.1. The Morgan fingerprint density at radius 2 is 1.84 bits per heavy atom. The van der Waals surface area contributed by atoms with Gasteiger partial charge < -0.3 is 19.9 Å². The molecule has 2 saturated heterocycles. The van der Waals surface area contributed by atoms with Crippen LogP contribution >= 0.6 is 0 Å². The fourth-order valence-corrected chi connectivity index (χ4v) is 3.36. The van der Waals surface area contributed by atoms with Gasteiger partial charge in [0.2, 0.25) is 0 Å². The third-order valence-electron chi connectivity index (χ3n) is 4.63. The third-order valence-corrected chi connectivity index (χ3v) is 4.63. The van der Waals surface area contributed by atoms with E-state index in [9.17, 15) is 0 Å². The molecule has 4 rings (SSSR count). The minimum absolute atomic E-state index is 0.340. The summed E-state index contributed by atoms with van der Waals surface area (Å²) in [5.74, 6) is 2.80. The second-order valence-corrected chi connectivity index (χ2v) is 6.35. The van der Waals surface area contributed by atoms with Gasteiger partial charge in [0.05, 0.1) is 19.4 Å². The Hall–Kier alpha value is -2.48. The quantitative estimate of drug-likeness (QED) is 0.888. The van der Waals surface area contributed by atoms with Crippen molar-refractivity contribution in [3.05, 3.63) is 31.0 Å². The van der Waals surface area contributed by atoms with Gasteiger partial charge in [0, 0.05) is 50.7 Å². The summed E-state index contributed by atoms with van der Waals surface area (Å²) in [5, 5.41) is 3.47. The molecule has 132 valence electrons. The molecule has 1 atom stereocenters. The van der Waals surface area contributed by atoms with E-state index in [4.69, 9.17) is 4.74 Å². The molecule has 8 heteroatoms. The van der Waals surface area contributed by atoms with Crippen molar-refractivity contribution in [2.45, 2.75) is 18.9 Å². The predicted octanol–water partition coefficient (Wildman–Crippen LogP) is 1.18. The molecule has 0 amide bonds. The molecule has 0 radical (unpaired) electrons. The van der Waals surface area contributed by atoms with Gasteiger partial charge in [-0.25, -0.2) is 15.0 Å². The summed E-state index contributed by atoms with van der Waals surface area (Å²) in [7, 11) is 0. The van der Waals surface area contributed by atoms with Gasteiger partial charge in [-0.2, -0.15) is 0 Å². The van der Waals surface area contributed by atoms with Crippen LogP contribution in [0.25, 0.3) is 0 Å². The van der Waals surface area contributed by atoms with Gasteiger partial charge >= 0.3 is 0 Å². The highest BCUT2D eigenvalue weighted by atomic mass is 16.5. The monoisotopic (exact) mass is 341 g/mol. The van der Waals surface area contributed by atoms with E-state index in [0.717, 1.165) is 69.7 Å². The zero-order valence-corrected chi connectivity index (χ0v) is 14.2. The Morgan fingerprint density at radius 1 is 1.00 bits per heavy atom. The molecule has 2 aliphatic rings. The molecule has 8 nitrogen and oxygen atoms in total. The van der Waals surface area contributed by atoms with E-state index in [2.05, 4.69) is 41.1 Å². The maximum absolute atomic E-state index is 5.42. The third kappa shape index (κ3) is 3.96. The molecule has 0 spiro atoms. The van der Waals surface area contributed by atoms with Crippen LogP contribution in [0.3, 0.4) is 0 Å². The van der Waals surface area contributed by atoms with E-state index in [-0.39, 0.29) is 0 Å². The molecule has 25 heavy (non-hydrogen) atoms. The summed E-state index contributed by atoms with van der Waals surface area (Å²) in [5.41, 5.74) is 0. The number of ether oxygens (including phenoxy) is 1. The van der Waals surface area contributed by atoms with Crippen molar-refractivity contribution in [3.63, 3.8) is 0 Å². The van der Waals surface area contributed by atoms with Crippen LogP contribution in [0.5, 0.6) is 0 Å². The number of morpholine rings is 1. The number of hydrogen-bond donors (Lipinski definition) is 1. The standard InChI is InChI=1S/C17H23N7O/c1-2-14(22-15-11-18-3-4-19-15)12-24(5-1)17-10-16(20-13-21-17)23-6-8-25-9-7-23/h3-4,10-11,13-14H,1-2,5-9,12H2,(H,19,22). The highest BCUT2D eigenvalue weighted by Gasteiger charge is 2.22. The average molecular weight is 341 g/mol. The van der Waals surface area contributed by atoms with Crippen molar-refractivity contribution in [2.75, 3.05) is 54.5 Å². The SMILES string of the molecule is c1cnc(NC2CCCN(c3cc(N4CCOCC4)ncn3)C2)cn1. The van der Waals surface area contributed by atoms with E-state index in [1.165, 1.54) is 0 Å². The van der Waals surface area contributed by atoms with Crippen LogP contribution in [0.15, 0.2) is 31.0 Å². The summed E-state index contributed by atoms with van der Waals surface area (Å²) in [4.78, 5) is 21.9. The van der Waals surface area contributed by atoms with Crippen LogP contribution in [0, 0.1) is 0 Å². The lowest BCUT2D eigenvalue weighted by Gasteiger charge is -2.35. The van der Waals surface area contributed by atoms with Crippen LogP contribution in [-0.4, -0.2) is 65.4 Å². The summed E-state index contributed by atoms with van der Waals surface area (Å²) >= 11 is 0. The number of aromatic nitrogens is 4. The van der Waals surface area contributed by atoms with Gasteiger partial charge in [0.25, 0.3) is 0 Å². The Balaban J connectivity index is 1.44. The Morgan fingerprint density at radius 3 is 2.64 bits per heavy atom. The Bertz CT molecular complexity index is 678. The highest BCUT2D eigenvalue weighted by molar-refractivity contribution is 5.51. The first-order valence-electron chi connectivity index (χ1n) is 8.81. The first kappa shape index (κ1) is 16.0. The highest BCUT2D eigenvalue weighted by Crippen LogP contribution is 2.23. The molecule has 2 fully saturated rings. The molecule has 2 aliphatic heterocycles. The molecule has 2 aromatic heterocycles. The number of nitrogens with zero attached hydrogens (tertiary/aromatic N) is 6. The van der Waals surface area contributed by atoms with Crippen LogP contribution in [0.1, 0.15) is 12.8 Å². The molecule has 0 aliphatic carbocycles. The van der Waals surface area contributed by atoms with Gasteiger partial charge in [-0.3, -0.25) is 4.98 Å². The smallest absolute Gasteiger partial charge is 0.144 e. The van der Waals surface area contributed by atoms with Crippen molar-refractivity contribution >= 4 is 17.5 Å². The molecular formula is C17H23N7O. The molecular weight excluding hydrogens is 318 g/mol. The van der Waals surface area contributed by atoms with Crippen molar-refractivity contribution in [3.8, 4) is 0 Å². The first-order valence-corrected chi connectivity index (χ1v) is 8.81. The van der Waals surface area contributed by atoms with Crippen LogP contribution in [0.4, 0.5) is 17.5 Å². The van der Waals surface area contributed by atoms with Crippen molar-refractivity contribution in [1.29, 1.82) is 0 Å². The number of anilines is 3. The molecule has 0 bridgehead atoms. The molecule has 1 N–H and O–H groups in total. The van der Waals surface area contributed by atoms with Crippen molar-refractivity contribution < 1.29 is 4.74 Å². The lowest BCUT2D eigenvalue weighted by Crippen LogP contribution is -2.43. The Labute approximate surface area is 147 Å². The van der Waals surface area contributed by atoms with Gasteiger partial charge in [-0.15, -0.1) is 0 Å². The second kappa shape index (κ2) is 7.60. The van der Waals surface area contributed by atoms with E-state index in [1.807, 2.05) is 0 Å². The van der Waals surface area contributed by atoms with Gasteiger partial charge in [0.1, 0.15) is 23.8 Å². The normalized spacial score (nSPS) is 21.2. The van der Waals surface area contributed by atoms with Gasteiger partial charge in [0.15, 0.2) is 0 Å². The fraction of sp³-hybridized carbons (Fsp3) is 0.529. The first-order chi connectivity index (χ1) is 12.4. The predicted molar refractivity (Wildman–Crippen MR) is 96.0 cm³/mol. The van der Waals surface area contributed by atoms with Crippen molar-refractivity contribution in [1.82, 2.24) is 19.9 Å². The molecule has 0 saturated carbocycles. The van der Waals surface area contributed by atoms with E-state index >= 15 is 0 Å². The molecule has 1 unspecified atom stereocenters. The zero-order valence-electron chi connectivity index (χ0n) is 14.2. The average Bonchev–Trinajstić information content (AvgIpc) is 2.70. The summed E-state index contributed by atoms with van der Waals surface area (Å²) in [6, 6.07) is 2.43. The zero-order chi connectivity index (χ0) is 16.9. The minimum Gasteiger partial charge on any atom is -0.378 e. The molecule has 2 aromatic rings.